The average molecular weight is 307 g/mol. The van der Waals surface area contributed by atoms with Crippen LogP contribution in [-0.2, 0) is 16.1 Å². The lowest BCUT2D eigenvalue weighted by molar-refractivity contribution is -0.149. The zero-order valence-electron chi connectivity index (χ0n) is 12.0. The van der Waals surface area contributed by atoms with Gasteiger partial charge in [0.1, 0.15) is 0 Å². The molecule has 0 aliphatic heterocycles. The van der Waals surface area contributed by atoms with Crippen LogP contribution in [0.3, 0.4) is 0 Å². The van der Waals surface area contributed by atoms with Crippen LogP contribution in [0.5, 0.6) is 0 Å². The number of carbonyl (C=O) groups is 1. The molecule has 1 aromatic carbocycles. The number of hydrogen-bond donors (Lipinski definition) is 1. The molecule has 112 valence electrons. The lowest BCUT2D eigenvalue weighted by atomic mass is 9.94. The number of nitriles is 1. The molecular weight excluding hydrogens is 288 g/mol. The summed E-state index contributed by atoms with van der Waals surface area (Å²) >= 11 is 5.86. The fraction of sp³-hybridized carbons (Fsp3) is 0.500. The van der Waals surface area contributed by atoms with E-state index in [0.717, 1.165) is 18.4 Å². The van der Waals surface area contributed by atoms with Gasteiger partial charge >= 0.3 is 5.97 Å². The van der Waals surface area contributed by atoms with Crippen molar-refractivity contribution in [3.05, 3.63) is 34.9 Å². The van der Waals surface area contributed by atoms with Gasteiger partial charge in [-0.05, 0) is 37.5 Å². The SMILES string of the molecule is CCOC(=O)[C@@H]1[C@@H](C#N)CC[C@H]1NCc1ccc(Cl)cc1. The highest BCUT2D eigenvalue weighted by Crippen LogP contribution is 2.33. The van der Waals surface area contributed by atoms with Crippen molar-refractivity contribution in [2.75, 3.05) is 6.61 Å². The normalized spacial score (nSPS) is 24.5. The third-order valence-electron chi connectivity index (χ3n) is 3.86. The van der Waals surface area contributed by atoms with E-state index >= 15 is 0 Å². The molecule has 3 atom stereocenters. The van der Waals surface area contributed by atoms with Gasteiger partial charge in [-0.1, -0.05) is 23.7 Å². The van der Waals surface area contributed by atoms with Gasteiger partial charge in [0.15, 0.2) is 0 Å². The highest BCUT2D eigenvalue weighted by Gasteiger charge is 2.41. The van der Waals surface area contributed by atoms with Gasteiger partial charge < -0.3 is 10.1 Å². The fourth-order valence-electron chi connectivity index (χ4n) is 2.79. The van der Waals surface area contributed by atoms with E-state index in [1.165, 1.54) is 0 Å². The molecule has 1 aliphatic carbocycles. The molecule has 1 N–H and O–H groups in total. The standard InChI is InChI=1S/C16H19ClN2O2/c1-2-21-16(20)15-12(9-18)5-8-14(15)19-10-11-3-6-13(17)7-4-11/h3-4,6-7,12,14-15,19H,2,5,8,10H2,1H3/t12-,14-,15-/m1/s1. The zero-order valence-corrected chi connectivity index (χ0v) is 12.8. The maximum absolute atomic E-state index is 12.1. The van der Waals surface area contributed by atoms with E-state index in [4.69, 9.17) is 16.3 Å². The van der Waals surface area contributed by atoms with Crippen LogP contribution in [0.25, 0.3) is 0 Å². The van der Waals surface area contributed by atoms with Crippen molar-refractivity contribution in [2.24, 2.45) is 11.8 Å². The van der Waals surface area contributed by atoms with Crippen LogP contribution in [0.4, 0.5) is 0 Å². The quantitative estimate of drug-likeness (QED) is 0.850. The second-order valence-corrected chi connectivity index (χ2v) is 5.64. The van der Waals surface area contributed by atoms with Crippen molar-refractivity contribution in [3.63, 3.8) is 0 Å². The van der Waals surface area contributed by atoms with E-state index < -0.39 is 0 Å². The topological polar surface area (TPSA) is 62.1 Å². The first kappa shape index (κ1) is 15.8. The van der Waals surface area contributed by atoms with Gasteiger partial charge in [0.05, 0.1) is 24.5 Å². The van der Waals surface area contributed by atoms with Crippen LogP contribution in [0.15, 0.2) is 24.3 Å². The van der Waals surface area contributed by atoms with E-state index in [-0.39, 0.29) is 23.8 Å². The maximum Gasteiger partial charge on any atom is 0.311 e. The maximum atomic E-state index is 12.1. The predicted octanol–water partition coefficient (Wildman–Crippen LogP) is 2.91. The molecule has 0 amide bonds. The second-order valence-electron chi connectivity index (χ2n) is 5.20. The molecule has 0 unspecified atom stereocenters. The summed E-state index contributed by atoms with van der Waals surface area (Å²) in [6.45, 7) is 2.78. The molecule has 4 nitrogen and oxygen atoms in total. The summed E-state index contributed by atoms with van der Waals surface area (Å²) in [5, 5.41) is 13.3. The van der Waals surface area contributed by atoms with Gasteiger partial charge in [-0.25, -0.2) is 0 Å². The highest BCUT2D eigenvalue weighted by atomic mass is 35.5. The van der Waals surface area contributed by atoms with Crippen LogP contribution in [0.1, 0.15) is 25.3 Å². The van der Waals surface area contributed by atoms with Crippen molar-refractivity contribution < 1.29 is 9.53 Å². The number of rotatable bonds is 5. The van der Waals surface area contributed by atoms with Gasteiger partial charge in [-0.15, -0.1) is 0 Å². The Labute approximate surface area is 130 Å². The van der Waals surface area contributed by atoms with Crippen LogP contribution in [0.2, 0.25) is 5.02 Å². The largest absolute Gasteiger partial charge is 0.466 e. The first-order chi connectivity index (χ1) is 10.2. The number of ether oxygens (including phenoxy) is 1. The second kappa shape index (κ2) is 7.44. The third-order valence-corrected chi connectivity index (χ3v) is 4.11. The van der Waals surface area contributed by atoms with E-state index in [1.807, 2.05) is 24.3 Å². The molecule has 0 aromatic heterocycles. The Morgan fingerprint density at radius 2 is 2.14 bits per heavy atom. The molecule has 0 spiro atoms. The first-order valence-corrected chi connectivity index (χ1v) is 7.57. The van der Waals surface area contributed by atoms with Crippen molar-refractivity contribution in [3.8, 4) is 6.07 Å². The first-order valence-electron chi connectivity index (χ1n) is 7.19. The Kier molecular flexibility index (Phi) is 5.60. The molecule has 5 heteroatoms. The monoisotopic (exact) mass is 306 g/mol. The van der Waals surface area contributed by atoms with E-state index in [2.05, 4.69) is 11.4 Å². The zero-order chi connectivity index (χ0) is 15.2. The van der Waals surface area contributed by atoms with Crippen molar-refractivity contribution in [2.45, 2.75) is 32.4 Å². The van der Waals surface area contributed by atoms with Crippen LogP contribution < -0.4 is 5.32 Å². The van der Waals surface area contributed by atoms with E-state index in [9.17, 15) is 10.1 Å². The number of nitrogens with zero attached hydrogens (tertiary/aromatic N) is 1. The smallest absolute Gasteiger partial charge is 0.311 e. The van der Waals surface area contributed by atoms with Crippen molar-refractivity contribution in [1.29, 1.82) is 5.26 Å². The molecule has 0 heterocycles. The summed E-state index contributed by atoms with van der Waals surface area (Å²) < 4.78 is 5.11. The fourth-order valence-corrected chi connectivity index (χ4v) is 2.92. The number of hydrogen-bond acceptors (Lipinski definition) is 4. The molecule has 1 aliphatic rings. The summed E-state index contributed by atoms with van der Waals surface area (Å²) in [5.41, 5.74) is 1.10. The van der Waals surface area contributed by atoms with Gasteiger partial charge in [0, 0.05) is 17.6 Å². The van der Waals surface area contributed by atoms with Gasteiger partial charge in [-0.2, -0.15) is 5.26 Å². The van der Waals surface area contributed by atoms with E-state index in [1.54, 1.807) is 6.92 Å². The summed E-state index contributed by atoms with van der Waals surface area (Å²) in [7, 11) is 0. The van der Waals surface area contributed by atoms with Crippen molar-refractivity contribution >= 4 is 17.6 Å². The van der Waals surface area contributed by atoms with Gasteiger partial charge in [0.25, 0.3) is 0 Å². The molecule has 1 aromatic rings. The number of carbonyl (C=O) groups excluding carboxylic acids is 1. The minimum atomic E-state index is -0.373. The Hall–Kier alpha value is -1.57. The Morgan fingerprint density at radius 3 is 2.76 bits per heavy atom. The molecule has 0 radical (unpaired) electrons. The number of benzene rings is 1. The Balaban J connectivity index is 1.99. The minimum Gasteiger partial charge on any atom is -0.466 e. The Bertz CT molecular complexity index is 524. The number of nitrogens with one attached hydrogen (secondary N) is 1. The van der Waals surface area contributed by atoms with Crippen molar-refractivity contribution in [1.82, 2.24) is 5.32 Å². The molecule has 21 heavy (non-hydrogen) atoms. The summed E-state index contributed by atoms with van der Waals surface area (Å²) in [5.74, 6) is -0.899. The molecule has 1 saturated carbocycles. The average Bonchev–Trinajstić information content (AvgIpc) is 2.90. The lowest BCUT2D eigenvalue weighted by Crippen LogP contribution is -2.39. The van der Waals surface area contributed by atoms with Gasteiger partial charge in [-0.3, -0.25) is 4.79 Å². The molecule has 2 rings (SSSR count). The molecular formula is C16H19ClN2O2. The van der Waals surface area contributed by atoms with Gasteiger partial charge in [0.2, 0.25) is 0 Å². The highest BCUT2D eigenvalue weighted by molar-refractivity contribution is 6.30. The number of halogens is 1. The van der Waals surface area contributed by atoms with Crippen LogP contribution in [0, 0.1) is 23.2 Å². The lowest BCUT2D eigenvalue weighted by Gasteiger charge is -2.21. The predicted molar refractivity (Wildman–Crippen MR) is 80.5 cm³/mol. The summed E-state index contributed by atoms with van der Waals surface area (Å²) in [6, 6.07) is 9.80. The van der Waals surface area contributed by atoms with E-state index in [0.29, 0.717) is 18.2 Å². The Morgan fingerprint density at radius 1 is 1.43 bits per heavy atom. The molecule has 1 fully saturated rings. The summed E-state index contributed by atoms with van der Waals surface area (Å²) in [6.07, 6.45) is 1.55. The molecule has 0 bridgehead atoms. The van der Waals surface area contributed by atoms with Crippen LogP contribution in [-0.4, -0.2) is 18.6 Å². The molecule has 0 saturated heterocycles. The van der Waals surface area contributed by atoms with Crippen LogP contribution >= 0.6 is 11.6 Å². The minimum absolute atomic E-state index is 0.00984. The summed E-state index contributed by atoms with van der Waals surface area (Å²) in [4.78, 5) is 12.1. The third kappa shape index (κ3) is 3.96. The number of esters is 1.